The second kappa shape index (κ2) is 16.1. The highest BCUT2D eigenvalue weighted by molar-refractivity contribution is 7.92. The second-order valence-electron chi connectivity index (χ2n) is 11.3. The van der Waals surface area contributed by atoms with Crippen molar-refractivity contribution in [3.05, 3.63) is 119 Å². The van der Waals surface area contributed by atoms with E-state index in [0.29, 0.717) is 18.0 Å². The zero-order chi connectivity index (χ0) is 34.0. The van der Waals surface area contributed by atoms with Gasteiger partial charge in [-0.1, -0.05) is 79.2 Å². The van der Waals surface area contributed by atoms with Crippen molar-refractivity contribution in [3.63, 3.8) is 0 Å². The number of amides is 2. The van der Waals surface area contributed by atoms with Crippen molar-refractivity contribution in [2.45, 2.75) is 51.1 Å². The number of aryl methyl sites for hydroxylation is 2. The Balaban J connectivity index is 1.84. The summed E-state index contributed by atoms with van der Waals surface area (Å²) in [5.74, 6) is -0.130. The number of methoxy groups -OCH3 is 2. The van der Waals surface area contributed by atoms with E-state index < -0.39 is 28.5 Å². The van der Waals surface area contributed by atoms with E-state index in [1.54, 1.807) is 24.3 Å². The summed E-state index contributed by atoms with van der Waals surface area (Å²) in [6, 6.07) is 27.4. The van der Waals surface area contributed by atoms with E-state index in [2.05, 4.69) is 5.32 Å². The predicted molar refractivity (Wildman–Crippen MR) is 184 cm³/mol. The molecule has 0 aromatic heterocycles. The van der Waals surface area contributed by atoms with Gasteiger partial charge in [-0.05, 0) is 61.2 Å². The molecule has 0 unspecified atom stereocenters. The average molecular weight is 658 g/mol. The molecule has 248 valence electrons. The van der Waals surface area contributed by atoms with Gasteiger partial charge in [0.05, 0.1) is 24.8 Å². The lowest BCUT2D eigenvalue weighted by Crippen LogP contribution is -2.53. The fourth-order valence-electron chi connectivity index (χ4n) is 5.24. The van der Waals surface area contributed by atoms with E-state index in [-0.39, 0.29) is 29.5 Å². The minimum atomic E-state index is -4.26. The maximum absolute atomic E-state index is 14.6. The van der Waals surface area contributed by atoms with Crippen LogP contribution in [0.25, 0.3) is 0 Å². The van der Waals surface area contributed by atoms with E-state index in [4.69, 9.17) is 9.47 Å². The summed E-state index contributed by atoms with van der Waals surface area (Å²) < 4.78 is 40.6. The lowest BCUT2D eigenvalue weighted by molar-refractivity contribution is -0.140. The largest absolute Gasteiger partial charge is 0.493 e. The quantitative estimate of drug-likeness (QED) is 0.176. The SMILES string of the molecule is CCCNC(=O)[C@H](Cc1ccccc1)N(Cc1ccccc1C)C(=O)CN(c1ccc(OC)c(OC)c1)S(=O)(=O)c1ccc(C)cc1. The Morgan fingerprint density at radius 3 is 2.13 bits per heavy atom. The van der Waals surface area contributed by atoms with Crippen LogP contribution in [-0.4, -0.2) is 58.5 Å². The molecular formula is C37H43N3O6S. The maximum Gasteiger partial charge on any atom is 0.264 e. The molecule has 0 fully saturated rings. The normalized spacial score (nSPS) is 11.8. The summed E-state index contributed by atoms with van der Waals surface area (Å²) in [7, 11) is -1.31. The van der Waals surface area contributed by atoms with Crippen LogP contribution in [-0.2, 0) is 32.6 Å². The first kappa shape index (κ1) is 35.0. The minimum absolute atomic E-state index is 0.0256. The van der Waals surface area contributed by atoms with Crippen molar-refractivity contribution in [1.29, 1.82) is 0 Å². The molecule has 10 heteroatoms. The molecule has 0 saturated carbocycles. The number of carbonyl (C=O) groups is 2. The Morgan fingerprint density at radius 2 is 1.49 bits per heavy atom. The highest BCUT2D eigenvalue weighted by atomic mass is 32.2. The third kappa shape index (κ3) is 8.71. The molecular weight excluding hydrogens is 614 g/mol. The molecule has 0 spiro atoms. The van der Waals surface area contributed by atoms with Gasteiger partial charge in [0.15, 0.2) is 11.5 Å². The first-order chi connectivity index (χ1) is 22.6. The molecule has 9 nitrogen and oxygen atoms in total. The Hall–Kier alpha value is -4.83. The van der Waals surface area contributed by atoms with E-state index in [9.17, 15) is 18.0 Å². The molecule has 1 N–H and O–H groups in total. The van der Waals surface area contributed by atoms with Gasteiger partial charge in [0.25, 0.3) is 10.0 Å². The van der Waals surface area contributed by atoms with Crippen molar-refractivity contribution in [1.82, 2.24) is 10.2 Å². The smallest absolute Gasteiger partial charge is 0.264 e. The van der Waals surface area contributed by atoms with E-state index in [1.165, 1.54) is 37.3 Å². The second-order valence-corrected chi connectivity index (χ2v) is 13.2. The Labute approximate surface area is 278 Å². The van der Waals surface area contributed by atoms with Gasteiger partial charge >= 0.3 is 0 Å². The Morgan fingerprint density at radius 1 is 0.830 bits per heavy atom. The van der Waals surface area contributed by atoms with Crippen molar-refractivity contribution in [2.24, 2.45) is 0 Å². The minimum Gasteiger partial charge on any atom is -0.493 e. The summed E-state index contributed by atoms with van der Waals surface area (Å²) >= 11 is 0. The number of ether oxygens (including phenoxy) is 2. The van der Waals surface area contributed by atoms with Crippen LogP contribution in [0.2, 0.25) is 0 Å². The van der Waals surface area contributed by atoms with Gasteiger partial charge in [0.1, 0.15) is 12.6 Å². The molecule has 47 heavy (non-hydrogen) atoms. The summed E-state index contributed by atoms with van der Waals surface area (Å²) in [6.45, 7) is 5.75. The number of rotatable bonds is 15. The van der Waals surface area contributed by atoms with Crippen molar-refractivity contribution >= 4 is 27.5 Å². The van der Waals surface area contributed by atoms with Crippen molar-refractivity contribution < 1.29 is 27.5 Å². The molecule has 2 amide bonds. The lowest BCUT2D eigenvalue weighted by atomic mass is 10.0. The Kier molecular flexibility index (Phi) is 12.0. The van der Waals surface area contributed by atoms with Crippen LogP contribution >= 0.6 is 0 Å². The number of anilines is 1. The standard InChI is InChI=1S/C37H43N3O6S/c1-6-22-38-37(42)33(23-29-13-8-7-9-14-29)39(25-30-15-11-10-12-28(30)3)36(41)26-40(31-18-21-34(45-4)35(24-31)46-5)47(43,44)32-19-16-27(2)17-20-32/h7-21,24,33H,6,22-23,25-26H2,1-5H3,(H,38,42)/t33-/m0/s1. The third-order valence-corrected chi connectivity index (χ3v) is 9.75. The molecule has 4 aromatic carbocycles. The van der Waals surface area contributed by atoms with Gasteiger partial charge in [-0.15, -0.1) is 0 Å². The van der Waals surface area contributed by atoms with Gasteiger partial charge in [-0.2, -0.15) is 0 Å². The first-order valence-corrected chi connectivity index (χ1v) is 17.0. The van der Waals surface area contributed by atoms with E-state index in [0.717, 1.165) is 33.0 Å². The fourth-order valence-corrected chi connectivity index (χ4v) is 6.64. The zero-order valence-electron chi connectivity index (χ0n) is 27.6. The Bertz CT molecular complexity index is 1760. The highest BCUT2D eigenvalue weighted by Gasteiger charge is 2.35. The lowest BCUT2D eigenvalue weighted by Gasteiger charge is -2.34. The molecule has 4 aromatic rings. The molecule has 4 rings (SSSR count). The number of nitrogens with zero attached hydrogens (tertiary/aromatic N) is 2. The van der Waals surface area contributed by atoms with Crippen LogP contribution in [0.15, 0.2) is 102 Å². The summed E-state index contributed by atoms with van der Waals surface area (Å²) in [5, 5.41) is 2.97. The summed E-state index contributed by atoms with van der Waals surface area (Å²) in [4.78, 5) is 30.0. The van der Waals surface area contributed by atoms with Crippen molar-refractivity contribution in [2.75, 3.05) is 31.6 Å². The number of sulfonamides is 1. The van der Waals surface area contributed by atoms with Gasteiger partial charge < -0.3 is 19.7 Å². The van der Waals surface area contributed by atoms with Crippen LogP contribution < -0.4 is 19.1 Å². The molecule has 0 heterocycles. The van der Waals surface area contributed by atoms with Gasteiger partial charge in [0.2, 0.25) is 11.8 Å². The van der Waals surface area contributed by atoms with Gasteiger partial charge in [0, 0.05) is 25.6 Å². The molecule has 0 aliphatic rings. The van der Waals surface area contributed by atoms with Crippen LogP contribution in [0.3, 0.4) is 0 Å². The summed E-state index contributed by atoms with van der Waals surface area (Å²) in [6.07, 6.45) is 0.965. The predicted octanol–water partition coefficient (Wildman–Crippen LogP) is 5.68. The topological polar surface area (TPSA) is 105 Å². The first-order valence-electron chi connectivity index (χ1n) is 15.6. The van der Waals surface area contributed by atoms with Crippen LogP contribution in [0, 0.1) is 13.8 Å². The van der Waals surface area contributed by atoms with Crippen molar-refractivity contribution in [3.8, 4) is 11.5 Å². The molecule has 0 aliphatic carbocycles. The number of nitrogens with one attached hydrogen (secondary N) is 1. The zero-order valence-corrected chi connectivity index (χ0v) is 28.4. The average Bonchev–Trinajstić information content (AvgIpc) is 3.08. The maximum atomic E-state index is 14.6. The fraction of sp³-hybridized carbons (Fsp3) is 0.297. The molecule has 0 saturated heterocycles. The number of hydrogen-bond acceptors (Lipinski definition) is 6. The number of carbonyl (C=O) groups excluding carboxylic acids is 2. The molecule has 1 atom stereocenters. The van der Waals surface area contributed by atoms with Crippen LogP contribution in [0.4, 0.5) is 5.69 Å². The molecule has 0 bridgehead atoms. The highest BCUT2D eigenvalue weighted by Crippen LogP contribution is 2.34. The number of hydrogen-bond donors (Lipinski definition) is 1. The van der Waals surface area contributed by atoms with E-state index >= 15 is 0 Å². The van der Waals surface area contributed by atoms with Gasteiger partial charge in [-0.25, -0.2) is 8.42 Å². The molecule has 0 aliphatic heterocycles. The molecule has 0 radical (unpaired) electrons. The van der Waals surface area contributed by atoms with Crippen LogP contribution in [0.1, 0.15) is 35.6 Å². The number of benzene rings is 4. The van der Waals surface area contributed by atoms with Gasteiger partial charge in [-0.3, -0.25) is 13.9 Å². The summed E-state index contributed by atoms with van der Waals surface area (Å²) in [5.41, 5.74) is 3.77. The monoisotopic (exact) mass is 657 g/mol. The van der Waals surface area contributed by atoms with E-state index in [1.807, 2.05) is 75.4 Å². The third-order valence-electron chi connectivity index (χ3n) is 7.97. The van der Waals surface area contributed by atoms with Crippen LogP contribution in [0.5, 0.6) is 11.5 Å².